The first kappa shape index (κ1) is 12.0. The number of alkyl halides is 4. The number of hydrogen-bond donors (Lipinski definition) is 0. The summed E-state index contributed by atoms with van der Waals surface area (Å²) in [5, 5.41) is 0.606. The third-order valence-corrected chi connectivity index (χ3v) is 2.71. The molecule has 0 aromatic carbocycles. The lowest BCUT2D eigenvalue weighted by Gasteiger charge is -2.08. The molecule has 1 heterocycles. The third kappa shape index (κ3) is 2.95. The highest BCUT2D eigenvalue weighted by Crippen LogP contribution is 2.30. The molecule has 0 aliphatic carbocycles. The molecule has 0 fully saturated rings. The quantitative estimate of drug-likeness (QED) is 0.593. The Balaban J connectivity index is 3.06. The van der Waals surface area contributed by atoms with Gasteiger partial charge in [-0.3, -0.25) is 0 Å². The first-order valence-electron chi connectivity index (χ1n) is 3.72. The van der Waals surface area contributed by atoms with Gasteiger partial charge in [0.05, 0.1) is 5.56 Å². The van der Waals surface area contributed by atoms with Crippen LogP contribution in [0, 0.1) is 0 Å². The number of pyridine rings is 1. The van der Waals surface area contributed by atoms with Crippen LogP contribution in [0.25, 0.3) is 0 Å². The number of aromatic nitrogens is 1. The summed E-state index contributed by atoms with van der Waals surface area (Å²) >= 11 is 6.26. The molecule has 0 aliphatic heterocycles. The van der Waals surface area contributed by atoms with E-state index in [1.807, 2.05) is 0 Å². The van der Waals surface area contributed by atoms with Gasteiger partial charge in [0.15, 0.2) is 0 Å². The SMILES string of the molecule is FC(F)(F)c1cnc(Br)c(CCBr)c1. The summed E-state index contributed by atoms with van der Waals surface area (Å²) in [6, 6.07) is 1.11. The fourth-order valence-electron chi connectivity index (χ4n) is 0.926. The lowest BCUT2D eigenvalue weighted by Crippen LogP contribution is -2.07. The maximum absolute atomic E-state index is 12.3. The highest BCUT2D eigenvalue weighted by atomic mass is 79.9. The second kappa shape index (κ2) is 4.61. The highest BCUT2D eigenvalue weighted by molar-refractivity contribution is 9.10. The zero-order chi connectivity index (χ0) is 10.8. The second-order valence-electron chi connectivity index (χ2n) is 2.61. The summed E-state index contributed by atoms with van der Waals surface area (Å²) in [6.07, 6.45) is -2.99. The van der Waals surface area contributed by atoms with Crippen LogP contribution >= 0.6 is 31.9 Å². The van der Waals surface area contributed by atoms with Gasteiger partial charge >= 0.3 is 6.18 Å². The number of hydrogen-bond acceptors (Lipinski definition) is 1. The van der Waals surface area contributed by atoms with E-state index in [4.69, 9.17) is 0 Å². The first-order valence-corrected chi connectivity index (χ1v) is 5.64. The number of halogens is 5. The van der Waals surface area contributed by atoms with Crippen molar-refractivity contribution in [2.24, 2.45) is 0 Å². The average molecular weight is 333 g/mol. The molecule has 0 saturated heterocycles. The number of aryl methyl sites for hydroxylation is 1. The molecule has 1 nitrogen and oxygen atoms in total. The largest absolute Gasteiger partial charge is 0.417 e. The summed E-state index contributed by atoms with van der Waals surface area (Å²) in [5.41, 5.74) is -0.159. The Labute approximate surface area is 96.0 Å². The maximum atomic E-state index is 12.3. The molecule has 1 aromatic heterocycles. The standard InChI is InChI=1S/C8H6Br2F3N/c9-2-1-5-3-6(8(11,12)13)4-14-7(5)10/h3-4H,1-2H2. The van der Waals surface area contributed by atoms with E-state index in [9.17, 15) is 13.2 Å². The molecule has 0 aliphatic rings. The van der Waals surface area contributed by atoms with E-state index in [2.05, 4.69) is 36.8 Å². The monoisotopic (exact) mass is 331 g/mol. The normalized spacial score (nSPS) is 11.8. The van der Waals surface area contributed by atoms with Crippen LogP contribution < -0.4 is 0 Å². The van der Waals surface area contributed by atoms with E-state index in [0.717, 1.165) is 12.3 Å². The molecule has 14 heavy (non-hydrogen) atoms. The van der Waals surface area contributed by atoms with Crippen molar-refractivity contribution in [3.63, 3.8) is 0 Å². The van der Waals surface area contributed by atoms with Crippen LogP contribution in [-0.4, -0.2) is 10.3 Å². The Morgan fingerprint density at radius 3 is 2.50 bits per heavy atom. The van der Waals surface area contributed by atoms with Gasteiger partial charge in [0, 0.05) is 11.5 Å². The molecule has 1 aromatic rings. The van der Waals surface area contributed by atoms with Crippen molar-refractivity contribution in [1.82, 2.24) is 4.98 Å². The number of nitrogens with zero attached hydrogens (tertiary/aromatic N) is 1. The van der Waals surface area contributed by atoms with Gasteiger partial charge < -0.3 is 0 Å². The van der Waals surface area contributed by atoms with Crippen LogP contribution in [0.3, 0.4) is 0 Å². The average Bonchev–Trinajstić information content (AvgIpc) is 2.07. The third-order valence-electron chi connectivity index (χ3n) is 1.60. The molecule has 0 N–H and O–H groups in total. The van der Waals surface area contributed by atoms with Gasteiger partial charge in [-0.25, -0.2) is 4.98 Å². The zero-order valence-corrected chi connectivity index (χ0v) is 10.1. The molecule has 0 saturated carbocycles. The molecule has 0 unspecified atom stereocenters. The topological polar surface area (TPSA) is 12.9 Å². The number of rotatable bonds is 2. The summed E-state index contributed by atoms with van der Waals surface area (Å²) < 4.78 is 37.3. The fourth-order valence-corrected chi connectivity index (χ4v) is 1.77. The lowest BCUT2D eigenvalue weighted by atomic mass is 10.1. The smallest absolute Gasteiger partial charge is 0.248 e. The van der Waals surface area contributed by atoms with Gasteiger partial charge in [-0.15, -0.1) is 0 Å². The van der Waals surface area contributed by atoms with E-state index < -0.39 is 11.7 Å². The van der Waals surface area contributed by atoms with Crippen molar-refractivity contribution in [3.05, 3.63) is 28.0 Å². The molecule has 0 amide bonds. The second-order valence-corrected chi connectivity index (χ2v) is 4.15. The van der Waals surface area contributed by atoms with Gasteiger partial charge in [0.2, 0.25) is 0 Å². The summed E-state index contributed by atoms with van der Waals surface area (Å²) in [5.74, 6) is 0. The molecule has 0 bridgehead atoms. The van der Waals surface area contributed by atoms with E-state index >= 15 is 0 Å². The predicted molar refractivity (Wildman–Crippen MR) is 54.4 cm³/mol. The molecular formula is C8H6Br2F3N. The highest BCUT2D eigenvalue weighted by Gasteiger charge is 2.31. The summed E-state index contributed by atoms with van der Waals surface area (Å²) in [7, 11) is 0. The van der Waals surface area contributed by atoms with E-state index in [1.165, 1.54) is 0 Å². The molecule has 1 rings (SSSR count). The van der Waals surface area contributed by atoms with Crippen molar-refractivity contribution in [1.29, 1.82) is 0 Å². The minimum Gasteiger partial charge on any atom is -0.248 e. The van der Waals surface area contributed by atoms with Gasteiger partial charge in [-0.2, -0.15) is 13.2 Å². The van der Waals surface area contributed by atoms with Gasteiger partial charge in [-0.1, -0.05) is 15.9 Å². The lowest BCUT2D eigenvalue weighted by molar-refractivity contribution is -0.137. The van der Waals surface area contributed by atoms with Crippen LogP contribution in [0.2, 0.25) is 0 Å². The van der Waals surface area contributed by atoms with E-state index in [-0.39, 0.29) is 0 Å². The molecule has 0 radical (unpaired) electrons. The molecular weight excluding hydrogens is 327 g/mol. The minimum atomic E-state index is -4.32. The van der Waals surface area contributed by atoms with Crippen LogP contribution in [-0.2, 0) is 12.6 Å². The van der Waals surface area contributed by atoms with Crippen molar-refractivity contribution in [2.45, 2.75) is 12.6 Å². The van der Waals surface area contributed by atoms with Crippen LogP contribution in [0.4, 0.5) is 13.2 Å². The van der Waals surface area contributed by atoms with Gasteiger partial charge in [0.1, 0.15) is 4.60 Å². The van der Waals surface area contributed by atoms with Crippen molar-refractivity contribution >= 4 is 31.9 Å². The first-order chi connectivity index (χ1) is 6.45. The summed E-state index contributed by atoms with van der Waals surface area (Å²) in [6.45, 7) is 0. The van der Waals surface area contributed by atoms with Crippen LogP contribution in [0.1, 0.15) is 11.1 Å². The predicted octanol–water partition coefficient (Wildman–Crippen LogP) is 3.80. The van der Waals surface area contributed by atoms with Crippen LogP contribution in [0.5, 0.6) is 0 Å². The van der Waals surface area contributed by atoms with E-state index in [1.54, 1.807) is 0 Å². The van der Waals surface area contributed by atoms with Gasteiger partial charge in [-0.05, 0) is 34.0 Å². The zero-order valence-electron chi connectivity index (χ0n) is 6.91. The Kier molecular flexibility index (Phi) is 3.94. The fraction of sp³-hybridized carbons (Fsp3) is 0.375. The Morgan fingerprint density at radius 2 is 2.00 bits per heavy atom. The Bertz CT molecular complexity index is 325. The van der Waals surface area contributed by atoms with Crippen molar-refractivity contribution in [3.8, 4) is 0 Å². The summed E-state index contributed by atoms with van der Waals surface area (Å²) in [4.78, 5) is 3.64. The van der Waals surface area contributed by atoms with Crippen molar-refractivity contribution in [2.75, 3.05) is 5.33 Å². The van der Waals surface area contributed by atoms with E-state index in [0.29, 0.717) is 21.9 Å². The maximum Gasteiger partial charge on any atom is 0.417 e. The Morgan fingerprint density at radius 1 is 1.36 bits per heavy atom. The van der Waals surface area contributed by atoms with Crippen LogP contribution in [0.15, 0.2) is 16.9 Å². The Hall–Kier alpha value is -0.100. The minimum absolute atomic E-state index is 0.463. The molecule has 6 heteroatoms. The molecule has 0 atom stereocenters. The van der Waals surface area contributed by atoms with Crippen molar-refractivity contribution < 1.29 is 13.2 Å². The van der Waals surface area contributed by atoms with Gasteiger partial charge in [0.25, 0.3) is 0 Å². The molecule has 78 valence electrons. The molecule has 0 spiro atoms.